The maximum atomic E-state index is 5.85. The third-order valence-electron chi connectivity index (χ3n) is 1.87. The Morgan fingerprint density at radius 1 is 1.44 bits per heavy atom. The molecule has 16 heavy (non-hydrogen) atoms. The zero-order valence-electron chi connectivity index (χ0n) is 8.88. The summed E-state index contributed by atoms with van der Waals surface area (Å²) in [5.41, 5.74) is 0.869. The minimum absolute atomic E-state index is 0.473. The van der Waals surface area contributed by atoms with E-state index in [1.807, 2.05) is 14.0 Å². The second-order valence-electron chi connectivity index (χ2n) is 3.20. The van der Waals surface area contributed by atoms with Crippen LogP contribution in [0.1, 0.15) is 11.5 Å². The summed E-state index contributed by atoms with van der Waals surface area (Å²) in [6.07, 6.45) is 1.52. The van der Waals surface area contributed by atoms with E-state index >= 15 is 0 Å². The summed E-state index contributed by atoms with van der Waals surface area (Å²) in [6, 6.07) is 1.73. The van der Waals surface area contributed by atoms with Crippen molar-refractivity contribution in [2.45, 2.75) is 17.8 Å². The highest BCUT2D eigenvalue weighted by molar-refractivity contribution is 7.98. The topological polar surface area (TPSA) is 56.5 Å². The molecule has 2 heterocycles. The van der Waals surface area contributed by atoms with Gasteiger partial charge in [-0.25, -0.2) is 19.6 Å². The van der Waals surface area contributed by atoms with Gasteiger partial charge >= 0.3 is 0 Å². The molecule has 0 radical (unpaired) electrons. The molecule has 0 aliphatic heterocycles. The van der Waals surface area contributed by atoms with Crippen LogP contribution >= 0.6 is 23.4 Å². The van der Waals surface area contributed by atoms with Crippen LogP contribution in [-0.4, -0.2) is 24.7 Å². The average Bonchev–Trinajstić information content (AvgIpc) is 2.59. The van der Waals surface area contributed by atoms with E-state index in [9.17, 15) is 0 Å². The summed E-state index contributed by atoms with van der Waals surface area (Å²) in [5.74, 6) is 1.34. The lowest BCUT2D eigenvalue weighted by Crippen LogP contribution is -1.97. The molecule has 0 amide bonds. The van der Waals surface area contributed by atoms with Gasteiger partial charge in [0.05, 0.1) is 5.75 Å². The maximum absolute atomic E-state index is 5.85. The van der Waals surface area contributed by atoms with Gasteiger partial charge in [-0.3, -0.25) is 0 Å². The zero-order valence-corrected chi connectivity index (χ0v) is 10.5. The first-order chi connectivity index (χ1) is 7.65. The Balaban J connectivity index is 2.07. The van der Waals surface area contributed by atoms with Crippen molar-refractivity contribution < 1.29 is 0 Å². The molecular formula is C9H10ClN5S. The summed E-state index contributed by atoms with van der Waals surface area (Å²) in [5, 5.41) is 5.29. The van der Waals surface area contributed by atoms with Crippen molar-refractivity contribution >= 4 is 23.4 Å². The van der Waals surface area contributed by atoms with E-state index in [4.69, 9.17) is 11.6 Å². The van der Waals surface area contributed by atoms with Crippen LogP contribution < -0.4 is 0 Å². The highest BCUT2D eigenvalue weighted by Crippen LogP contribution is 2.18. The first-order valence-corrected chi connectivity index (χ1v) is 5.98. The molecule has 0 aliphatic carbocycles. The lowest BCUT2D eigenvalue weighted by Gasteiger charge is -2.01. The molecule has 0 fully saturated rings. The van der Waals surface area contributed by atoms with Crippen molar-refractivity contribution in [3.63, 3.8) is 0 Å². The van der Waals surface area contributed by atoms with Crippen LogP contribution in [0.2, 0.25) is 5.15 Å². The largest absolute Gasteiger partial charge is 0.244 e. The quantitative estimate of drug-likeness (QED) is 0.619. The average molecular weight is 256 g/mol. The van der Waals surface area contributed by atoms with Gasteiger partial charge in [0.2, 0.25) is 0 Å². The maximum Gasteiger partial charge on any atom is 0.186 e. The van der Waals surface area contributed by atoms with Gasteiger partial charge in [0.1, 0.15) is 17.3 Å². The SMILES string of the molecule is Cc1cc(Cl)nc(CSc2ncnn2C)n1. The molecular weight excluding hydrogens is 246 g/mol. The molecule has 84 valence electrons. The van der Waals surface area contributed by atoms with E-state index < -0.39 is 0 Å². The Hall–Kier alpha value is -1.14. The van der Waals surface area contributed by atoms with Crippen LogP contribution in [0.3, 0.4) is 0 Å². The second-order valence-corrected chi connectivity index (χ2v) is 4.53. The van der Waals surface area contributed by atoms with Gasteiger partial charge in [0.15, 0.2) is 5.16 Å². The van der Waals surface area contributed by atoms with Crippen molar-refractivity contribution in [3.05, 3.63) is 29.1 Å². The van der Waals surface area contributed by atoms with E-state index in [1.165, 1.54) is 18.1 Å². The second kappa shape index (κ2) is 4.80. The number of rotatable bonds is 3. The zero-order chi connectivity index (χ0) is 11.5. The fourth-order valence-corrected chi connectivity index (χ4v) is 2.20. The monoisotopic (exact) mass is 255 g/mol. The molecule has 0 bridgehead atoms. The Morgan fingerprint density at radius 3 is 2.88 bits per heavy atom. The van der Waals surface area contributed by atoms with E-state index in [-0.39, 0.29) is 0 Å². The van der Waals surface area contributed by atoms with Crippen molar-refractivity contribution in [2.75, 3.05) is 0 Å². The fraction of sp³-hybridized carbons (Fsp3) is 0.333. The third kappa shape index (κ3) is 2.70. The van der Waals surface area contributed by atoms with Crippen LogP contribution in [0.5, 0.6) is 0 Å². The number of halogens is 1. The van der Waals surface area contributed by atoms with E-state index in [2.05, 4.69) is 20.1 Å². The highest BCUT2D eigenvalue weighted by atomic mass is 35.5. The summed E-state index contributed by atoms with van der Waals surface area (Å²) in [7, 11) is 1.85. The van der Waals surface area contributed by atoms with Crippen molar-refractivity contribution in [3.8, 4) is 0 Å². The molecule has 0 saturated carbocycles. The summed E-state index contributed by atoms with van der Waals surface area (Å²) < 4.78 is 1.71. The number of hydrogen-bond donors (Lipinski definition) is 0. The van der Waals surface area contributed by atoms with Gasteiger partial charge in [-0.15, -0.1) is 0 Å². The summed E-state index contributed by atoms with van der Waals surface area (Å²) in [4.78, 5) is 12.5. The fourth-order valence-electron chi connectivity index (χ4n) is 1.20. The molecule has 0 N–H and O–H groups in total. The first kappa shape index (κ1) is 11.3. The Labute approximate surface area is 102 Å². The molecule has 2 aromatic rings. The number of aromatic nitrogens is 5. The van der Waals surface area contributed by atoms with Gasteiger partial charge in [-0.2, -0.15) is 5.10 Å². The molecule has 0 aliphatic rings. The lowest BCUT2D eigenvalue weighted by atomic mass is 10.4. The van der Waals surface area contributed by atoms with E-state index in [1.54, 1.807) is 10.7 Å². The molecule has 0 unspecified atom stereocenters. The van der Waals surface area contributed by atoms with Crippen LogP contribution in [0.25, 0.3) is 0 Å². The van der Waals surface area contributed by atoms with Crippen molar-refractivity contribution in [1.29, 1.82) is 0 Å². The minimum atomic E-state index is 0.473. The van der Waals surface area contributed by atoms with Gasteiger partial charge in [-0.1, -0.05) is 23.4 Å². The predicted octanol–water partition coefficient (Wildman–Crippen LogP) is 1.86. The Kier molecular flexibility index (Phi) is 3.40. The normalized spacial score (nSPS) is 10.7. The number of nitrogens with zero attached hydrogens (tertiary/aromatic N) is 5. The third-order valence-corrected chi connectivity index (χ3v) is 3.09. The minimum Gasteiger partial charge on any atom is -0.244 e. The summed E-state index contributed by atoms with van der Waals surface area (Å²) in [6.45, 7) is 1.89. The molecule has 0 atom stereocenters. The predicted molar refractivity (Wildman–Crippen MR) is 62.3 cm³/mol. The molecule has 0 aromatic carbocycles. The van der Waals surface area contributed by atoms with Crippen LogP contribution in [0.15, 0.2) is 17.6 Å². The van der Waals surface area contributed by atoms with Gasteiger partial charge < -0.3 is 0 Å². The molecule has 7 heteroatoms. The number of aryl methyl sites for hydroxylation is 2. The summed E-state index contributed by atoms with van der Waals surface area (Å²) >= 11 is 7.38. The van der Waals surface area contributed by atoms with Crippen LogP contribution in [0.4, 0.5) is 0 Å². The van der Waals surface area contributed by atoms with Gasteiger partial charge in [0, 0.05) is 12.7 Å². The number of hydrogen-bond acceptors (Lipinski definition) is 5. The first-order valence-electron chi connectivity index (χ1n) is 4.62. The molecule has 0 saturated heterocycles. The smallest absolute Gasteiger partial charge is 0.186 e. The molecule has 2 rings (SSSR count). The lowest BCUT2D eigenvalue weighted by molar-refractivity contribution is 0.685. The Morgan fingerprint density at radius 2 is 2.25 bits per heavy atom. The highest BCUT2D eigenvalue weighted by Gasteiger charge is 2.05. The van der Waals surface area contributed by atoms with Crippen LogP contribution in [-0.2, 0) is 12.8 Å². The standard InChI is InChI=1S/C9H10ClN5S/c1-6-3-7(10)14-8(13-6)4-16-9-11-5-12-15(9)2/h3,5H,4H2,1-2H3. The van der Waals surface area contributed by atoms with E-state index in [0.717, 1.165) is 10.9 Å². The van der Waals surface area contributed by atoms with Crippen molar-refractivity contribution in [1.82, 2.24) is 24.7 Å². The van der Waals surface area contributed by atoms with Gasteiger partial charge in [0.25, 0.3) is 0 Å². The Bertz CT molecular complexity index is 478. The van der Waals surface area contributed by atoms with Gasteiger partial charge in [-0.05, 0) is 13.0 Å². The molecule has 2 aromatic heterocycles. The van der Waals surface area contributed by atoms with E-state index in [0.29, 0.717) is 16.7 Å². The van der Waals surface area contributed by atoms with Crippen molar-refractivity contribution in [2.24, 2.45) is 7.05 Å². The molecule has 0 spiro atoms. The van der Waals surface area contributed by atoms with Crippen LogP contribution in [0, 0.1) is 6.92 Å². The number of thioether (sulfide) groups is 1. The molecule has 5 nitrogen and oxygen atoms in total.